The molecule has 0 saturated heterocycles. The van der Waals surface area contributed by atoms with Crippen molar-refractivity contribution in [3.63, 3.8) is 0 Å². The van der Waals surface area contributed by atoms with Gasteiger partial charge < -0.3 is 0 Å². The highest BCUT2D eigenvalue weighted by molar-refractivity contribution is 5.42. The summed E-state index contributed by atoms with van der Waals surface area (Å²) < 4.78 is 1.85. The first-order chi connectivity index (χ1) is 5.77. The quantitative estimate of drug-likeness (QED) is 0.639. The van der Waals surface area contributed by atoms with Crippen molar-refractivity contribution in [3.05, 3.63) is 30.4 Å². The van der Waals surface area contributed by atoms with Crippen molar-refractivity contribution < 1.29 is 0 Å². The molecule has 2 aromatic rings. The van der Waals surface area contributed by atoms with Crippen LogP contribution in [0.25, 0.3) is 5.52 Å². The lowest BCUT2D eigenvalue weighted by Gasteiger charge is -2.03. The molecule has 2 aromatic heterocycles. The van der Waals surface area contributed by atoms with Crippen LogP contribution in [0.3, 0.4) is 0 Å². The van der Waals surface area contributed by atoms with Gasteiger partial charge in [0, 0.05) is 0 Å². The van der Waals surface area contributed by atoms with Crippen LogP contribution in [-0.2, 0) is 0 Å². The van der Waals surface area contributed by atoms with Crippen molar-refractivity contribution in [1.29, 1.82) is 0 Å². The van der Waals surface area contributed by atoms with Gasteiger partial charge in [-0.2, -0.15) is 5.10 Å². The van der Waals surface area contributed by atoms with Crippen LogP contribution in [-0.4, -0.2) is 14.6 Å². The number of hydrogen-bond donors (Lipinski definition) is 0. The van der Waals surface area contributed by atoms with Gasteiger partial charge in [0.1, 0.15) is 0 Å². The van der Waals surface area contributed by atoms with Gasteiger partial charge >= 0.3 is 0 Å². The van der Waals surface area contributed by atoms with E-state index in [1.165, 1.54) is 0 Å². The maximum Gasteiger partial charge on any atom is 0.0845 e. The fraction of sp³-hybridized carbons (Fsp3) is 0.333. The summed E-state index contributed by atoms with van der Waals surface area (Å²) in [6, 6.07) is 1.94. The molecule has 0 spiro atoms. The third-order valence-corrected chi connectivity index (χ3v) is 1.89. The number of nitrogens with zero attached hydrogens (tertiary/aromatic N) is 3. The van der Waals surface area contributed by atoms with Gasteiger partial charge in [-0.05, 0) is 12.0 Å². The first-order valence-electron chi connectivity index (χ1n) is 4.06. The average Bonchev–Trinajstić information content (AvgIpc) is 2.49. The first-order valence-corrected chi connectivity index (χ1v) is 4.06. The summed E-state index contributed by atoms with van der Waals surface area (Å²) in [7, 11) is 0. The van der Waals surface area contributed by atoms with E-state index in [1.54, 1.807) is 6.20 Å². The van der Waals surface area contributed by atoms with Crippen LogP contribution in [0.1, 0.15) is 25.5 Å². The van der Waals surface area contributed by atoms with Crippen molar-refractivity contribution >= 4 is 5.52 Å². The molecule has 3 heteroatoms. The lowest BCUT2D eigenvalue weighted by molar-refractivity contribution is 0.792. The van der Waals surface area contributed by atoms with E-state index in [-0.39, 0.29) is 0 Å². The molecule has 0 amide bonds. The van der Waals surface area contributed by atoms with E-state index in [0.717, 1.165) is 11.2 Å². The molecule has 0 aliphatic heterocycles. The molecular formula is C9H11N3. The Morgan fingerprint density at radius 1 is 1.42 bits per heavy atom. The number of hydrogen-bond acceptors (Lipinski definition) is 2. The molecule has 2 heterocycles. The summed E-state index contributed by atoms with van der Waals surface area (Å²) in [4.78, 5) is 4.32. The fourth-order valence-electron chi connectivity index (χ4n) is 1.13. The van der Waals surface area contributed by atoms with Crippen molar-refractivity contribution in [2.75, 3.05) is 0 Å². The second-order valence-corrected chi connectivity index (χ2v) is 3.17. The van der Waals surface area contributed by atoms with Crippen molar-refractivity contribution in [3.8, 4) is 0 Å². The van der Waals surface area contributed by atoms with Crippen molar-refractivity contribution in [1.82, 2.24) is 14.6 Å². The molecule has 0 fully saturated rings. The second kappa shape index (κ2) is 2.59. The van der Waals surface area contributed by atoms with Crippen LogP contribution in [0.2, 0.25) is 0 Å². The van der Waals surface area contributed by atoms with Gasteiger partial charge in [0.2, 0.25) is 0 Å². The second-order valence-electron chi connectivity index (χ2n) is 3.17. The highest BCUT2D eigenvalue weighted by atomic mass is 15.2. The summed E-state index contributed by atoms with van der Waals surface area (Å²) in [5.41, 5.74) is 2.12. The zero-order valence-electron chi connectivity index (χ0n) is 7.23. The molecular weight excluding hydrogens is 150 g/mol. The van der Waals surface area contributed by atoms with Crippen molar-refractivity contribution in [2.24, 2.45) is 0 Å². The monoisotopic (exact) mass is 161 g/mol. The minimum Gasteiger partial charge on any atom is -0.257 e. The molecule has 0 aliphatic carbocycles. The van der Waals surface area contributed by atoms with Crippen LogP contribution < -0.4 is 0 Å². The van der Waals surface area contributed by atoms with E-state index in [9.17, 15) is 0 Å². The van der Waals surface area contributed by atoms with Crippen LogP contribution in [0.15, 0.2) is 24.7 Å². The topological polar surface area (TPSA) is 30.2 Å². The van der Waals surface area contributed by atoms with Gasteiger partial charge in [-0.3, -0.25) is 4.98 Å². The SMILES string of the molecule is CC(C)c1cn2nccc2cn1. The molecule has 0 atom stereocenters. The average molecular weight is 161 g/mol. The summed E-state index contributed by atoms with van der Waals surface area (Å²) in [6.45, 7) is 4.25. The molecule has 0 N–H and O–H groups in total. The van der Waals surface area contributed by atoms with Crippen LogP contribution >= 0.6 is 0 Å². The molecule has 0 unspecified atom stereocenters. The van der Waals surface area contributed by atoms with E-state index in [2.05, 4.69) is 23.9 Å². The van der Waals surface area contributed by atoms with Gasteiger partial charge in [0.15, 0.2) is 0 Å². The number of aromatic nitrogens is 3. The third-order valence-electron chi connectivity index (χ3n) is 1.89. The molecule has 12 heavy (non-hydrogen) atoms. The Kier molecular flexibility index (Phi) is 1.57. The van der Waals surface area contributed by atoms with E-state index in [1.807, 2.05) is 23.0 Å². The van der Waals surface area contributed by atoms with E-state index in [0.29, 0.717) is 5.92 Å². The normalized spacial score (nSPS) is 11.2. The Hall–Kier alpha value is -1.38. The molecule has 0 radical (unpaired) electrons. The zero-order valence-corrected chi connectivity index (χ0v) is 7.23. The summed E-state index contributed by atoms with van der Waals surface area (Å²) >= 11 is 0. The Bertz CT molecular complexity index is 389. The third kappa shape index (κ3) is 1.07. The molecule has 0 aromatic carbocycles. The minimum absolute atomic E-state index is 0.457. The van der Waals surface area contributed by atoms with Gasteiger partial charge in [-0.1, -0.05) is 13.8 Å². The summed E-state index contributed by atoms with van der Waals surface area (Å²) in [5.74, 6) is 0.457. The Balaban J connectivity index is 2.60. The van der Waals surface area contributed by atoms with E-state index in [4.69, 9.17) is 0 Å². The Morgan fingerprint density at radius 3 is 3.00 bits per heavy atom. The zero-order chi connectivity index (χ0) is 8.55. The van der Waals surface area contributed by atoms with E-state index < -0.39 is 0 Å². The predicted molar refractivity (Wildman–Crippen MR) is 47.1 cm³/mol. The Labute approximate surface area is 71.1 Å². The highest BCUT2D eigenvalue weighted by Crippen LogP contribution is 2.11. The summed E-state index contributed by atoms with van der Waals surface area (Å²) in [5, 5.41) is 4.14. The van der Waals surface area contributed by atoms with Gasteiger partial charge in [0.25, 0.3) is 0 Å². The molecule has 2 rings (SSSR count). The molecule has 0 aliphatic rings. The largest absolute Gasteiger partial charge is 0.257 e. The molecule has 0 bridgehead atoms. The number of fused-ring (bicyclic) bond motifs is 1. The van der Waals surface area contributed by atoms with Gasteiger partial charge in [0.05, 0.1) is 29.8 Å². The minimum atomic E-state index is 0.457. The molecule has 62 valence electrons. The first kappa shape index (κ1) is 7.28. The van der Waals surface area contributed by atoms with Crippen LogP contribution in [0.5, 0.6) is 0 Å². The highest BCUT2D eigenvalue weighted by Gasteiger charge is 2.01. The number of rotatable bonds is 1. The van der Waals surface area contributed by atoms with E-state index >= 15 is 0 Å². The van der Waals surface area contributed by atoms with Gasteiger partial charge in [-0.15, -0.1) is 0 Å². The molecule has 0 saturated carbocycles. The standard InChI is InChI=1S/C9H11N3/c1-7(2)9-6-12-8(5-10-9)3-4-11-12/h3-7H,1-2H3. The molecule has 3 nitrogen and oxygen atoms in total. The van der Waals surface area contributed by atoms with Crippen LogP contribution in [0, 0.1) is 0 Å². The van der Waals surface area contributed by atoms with Crippen molar-refractivity contribution in [2.45, 2.75) is 19.8 Å². The lowest BCUT2D eigenvalue weighted by Crippen LogP contribution is -1.96. The van der Waals surface area contributed by atoms with Gasteiger partial charge in [-0.25, -0.2) is 4.52 Å². The predicted octanol–water partition coefficient (Wildman–Crippen LogP) is 1.85. The maximum atomic E-state index is 4.32. The lowest BCUT2D eigenvalue weighted by atomic mass is 10.1. The fourth-order valence-corrected chi connectivity index (χ4v) is 1.13. The smallest absolute Gasteiger partial charge is 0.0845 e. The Morgan fingerprint density at radius 2 is 2.25 bits per heavy atom. The van der Waals surface area contributed by atoms with Crippen LogP contribution in [0.4, 0.5) is 0 Å². The summed E-state index contributed by atoms with van der Waals surface area (Å²) in [6.07, 6.45) is 5.60. The maximum absolute atomic E-state index is 4.32.